The van der Waals surface area contributed by atoms with Crippen molar-refractivity contribution in [2.45, 2.75) is 62.9 Å². The van der Waals surface area contributed by atoms with Crippen molar-refractivity contribution in [2.24, 2.45) is 11.7 Å². The number of carbonyl (C=O) groups excluding carboxylic acids is 3. The van der Waals surface area contributed by atoms with Gasteiger partial charge in [0.05, 0.1) is 0 Å². The van der Waals surface area contributed by atoms with Crippen LogP contribution in [-0.2, 0) is 9.59 Å². The standard InChI is InChI=1S/C16H26N4O3/c17-10-11-4-3-5-12(11)18-13(21)6-9-20-14(22)16(19-15(20)23)7-1-2-8-16/h11-12H,1-10,17H2,(H,18,21)(H,19,23). The highest BCUT2D eigenvalue weighted by Gasteiger charge is 2.52. The van der Waals surface area contributed by atoms with Crippen molar-refractivity contribution in [3.05, 3.63) is 0 Å². The van der Waals surface area contributed by atoms with Crippen LogP contribution in [0.5, 0.6) is 0 Å². The summed E-state index contributed by atoms with van der Waals surface area (Å²) in [7, 11) is 0. The van der Waals surface area contributed by atoms with Crippen molar-refractivity contribution in [2.75, 3.05) is 13.1 Å². The fourth-order valence-electron chi connectivity index (χ4n) is 4.20. The third-order valence-electron chi connectivity index (χ3n) is 5.57. The lowest BCUT2D eigenvalue weighted by atomic mass is 9.98. The van der Waals surface area contributed by atoms with E-state index in [0.29, 0.717) is 25.3 Å². The number of hydrogen-bond donors (Lipinski definition) is 3. The fourth-order valence-corrected chi connectivity index (χ4v) is 4.20. The highest BCUT2D eigenvalue weighted by molar-refractivity contribution is 6.07. The maximum absolute atomic E-state index is 12.5. The number of amides is 4. The summed E-state index contributed by atoms with van der Waals surface area (Å²) < 4.78 is 0. The van der Waals surface area contributed by atoms with Gasteiger partial charge in [-0.2, -0.15) is 0 Å². The minimum atomic E-state index is -0.691. The van der Waals surface area contributed by atoms with E-state index in [9.17, 15) is 14.4 Å². The Bertz CT molecular complexity index is 502. The van der Waals surface area contributed by atoms with Gasteiger partial charge >= 0.3 is 6.03 Å². The topological polar surface area (TPSA) is 105 Å². The highest BCUT2D eigenvalue weighted by Crippen LogP contribution is 2.35. The largest absolute Gasteiger partial charge is 0.353 e. The number of nitrogens with one attached hydrogen (secondary N) is 2. The number of rotatable bonds is 5. The van der Waals surface area contributed by atoms with E-state index in [1.807, 2.05) is 0 Å². The van der Waals surface area contributed by atoms with E-state index >= 15 is 0 Å². The minimum Gasteiger partial charge on any atom is -0.353 e. The Morgan fingerprint density at radius 1 is 1.26 bits per heavy atom. The van der Waals surface area contributed by atoms with Crippen LogP contribution in [0.15, 0.2) is 0 Å². The molecule has 23 heavy (non-hydrogen) atoms. The Morgan fingerprint density at radius 3 is 2.70 bits per heavy atom. The summed E-state index contributed by atoms with van der Waals surface area (Å²) in [6.45, 7) is 0.735. The molecule has 0 bridgehead atoms. The monoisotopic (exact) mass is 322 g/mol. The van der Waals surface area contributed by atoms with Gasteiger partial charge in [0.2, 0.25) is 5.91 Å². The fraction of sp³-hybridized carbons (Fsp3) is 0.812. The molecule has 4 amide bonds. The first kappa shape index (κ1) is 16.2. The van der Waals surface area contributed by atoms with Crippen LogP contribution in [0.3, 0.4) is 0 Å². The Labute approximate surface area is 136 Å². The SMILES string of the molecule is NCC1CCCC1NC(=O)CCN1C(=O)NC2(CCCC2)C1=O. The highest BCUT2D eigenvalue weighted by atomic mass is 16.2. The Balaban J connectivity index is 1.51. The van der Waals surface area contributed by atoms with E-state index < -0.39 is 5.54 Å². The van der Waals surface area contributed by atoms with Crippen molar-refractivity contribution in [3.63, 3.8) is 0 Å². The molecule has 2 aliphatic carbocycles. The summed E-state index contributed by atoms with van der Waals surface area (Å²) >= 11 is 0. The minimum absolute atomic E-state index is 0.108. The van der Waals surface area contributed by atoms with Crippen LogP contribution in [0.25, 0.3) is 0 Å². The Kier molecular flexibility index (Phi) is 4.57. The first-order valence-corrected chi connectivity index (χ1v) is 8.69. The summed E-state index contributed by atoms with van der Waals surface area (Å²) in [6, 6.07) is -0.220. The molecule has 0 aromatic carbocycles. The number of hydrogen-bond acceptors (Lipinski definition) is 4. The van der Waals surface area contributed by atoms with Crippen LogP contribution in [-0.4, -0.2) is 47.4 Å². The van der Waals surface area contributed by atoms with Crippen LogP contribution in [0, 0.1) is 5.92 Å². The quantitative estimate of drug-likeness (QED) is 0.640. The van der Waals surface area contributed by atoms with Gasteiger partial charge in [0.15, 0.2) is 0 Å². The molecule has 1 spiro atoms. The van der Waals surface area contributed by atoms with Gasteiger partial charge in [0.25, 0.3) is 5.91 Å². The third kappa shape index (κ3) is 3.06. The molecule has 0 radical (unpaired) electrons. The van der Waals surface area contributed by atoms with Crippen LogP contribution >= 0.6 is 0 Å². The Hall–Kier alpha value is -1.63. The van der Waals surface area contributed by atoms with Crippen molar-refractivity contribution in [1.29, 1.82) is 0 Å². The molecule has 0 aromatic heterocycles. The molecule has 2 atom stereocenters. The van der Waals surface area contributed by atoms with Crippen molar-refractivity contribution in [3.8, 4) is 0 Å². The normalized spacial score (nSPS) is 29.3. The lowest BCUT2D eigenvalue weighted by molar-refractivity contribution is -0.131. The number of urea groups is 1. The number of nitrogens with two attached hydrogens (primary N) is 1. The molecular formula is C16H26N4O3. The molecule has 4 N–H and O–H groups in total. The lowest BCUT2D eigenvalue weighted by Gasteiger charge is -2.21. The average Bonchev–Trinajstić information content (AvgIpc) is 3.21. The summed E-state index contributed by atoms with van der Waals surface area (Å²) in [5, 5.41) is 5.84. The number of nitrogens with zero attached hydrogens (tertiary/aromatic N) is 1. The van der Waals surface area contributed by atoms with E-state index in [0.717, 1.165) is 32.1 Å². The maximum Gasteiger partial charge on any atom is 0.325 e. The molecule has 3 fully saturated rings. The molecule has 1 heterocycles. The summed E-state index contributed by atoms with van der Waals surface area (Å²) in [5.41, 5.74) is 5.03. The van der Waals surface area contributed by atoms with E-state index in [1.165, 1.54) is 4.90 Å². The molecule has 0 aromatic rings. The van der Waals surface area contributed by atoms with Gasteiger partial charge in [-0.05, 0) is 38.1 Å². The van der Waals surface area contributed by atoms with E-state index in [-0.39, 0.29) is 36.9 Å². The molecular weight excluding hydrogens is 296 g/mol. The first-order chi connectivity index (χ1) is 11.1. The molecule has 7 nitrogen and oxygen atoms in total. The molecule has 2 unspecified atom stereocenters. The van der Waals surface area contributed by atoms with Crippen molar-refractivity contribution < 1.29 is 14.4 Å². The smallest absolute Gasteiger partial charge is 0.325 e. The molecule has 3 aliphatic rings. The van der Waals surface area contributed by atoms with E-state index in [1.54, 1.807) is 0 Å². The second-order valence-electron chi connectivity index (χ2n) is 7.03. The van der Waals surface area contributed by atoms with Crippen molar-refractivity contribution in [1.82, 2.24) is 15.5 Å². The second kappa shape index (κ2) is 6.47. The molecule has 1 aliphatic heterocycles. The maximum atomic E-state index is 12.5. The predicted molar refractivity (Wildman–Crippen MR) is 84.4 cm³/mol. The predicted octanol–water partition coefficient (Wildman–Crippen LogP) is 0.485. The summed E-state index contributed by atoms with van der Waals surface area (Å²) in [4.78, 5) is 37.9. The molecule has 2 saturated carbocycles. The molecule has 3 rings (SSSR count). The van der Waals surface area contributed by atoms with Gasteiger partial charge in [-0.25, -0.2) is 4.79 Å². The summed E-state index contributed by atoms with van der Waals surface area (Å²) in [6.07, 6.45) is 6.59. The van der Waals surface area contributed by atoms with Crippen LogP contribution < -0.4 is 16.4 Å². The van der Waals surface area contributed by atoms with E-state index in [4.69, 9.17) is 5.73 Å². The zero-order valence-corrected chi connectivity index (χ0v) is 13.5. The lowest BCUT2D eigenvalue weighted by Crippen LogP contribution is -2.44. The zero-order valence-electron chi connectivity index (χ0n) is 13.5. The number of imide groups is 1. The van der Waals surface area contributed by atoms with Gasteiger partial charge in [-0.1, -0.05) is 19.3 Å². The average molecular weight is 322 g/mol. The summed E-state index contributed by atoms with van der Waals surface area (Å²) in [5.74, 6) is 0.0780. The van der Waals surface area contributed by atoms with E-state index in [2.05, 4.69) is 10.6 Å². The Morgan fingerprint density at radius 2 is 2.00 bits per heavy atom. The van der Waals surface area contributed by atoms with Crippen molar-refractivity contribution >= 4 is 17.8 Å². The molecule has 128 valence electrons. The second-order valence-corrected chi connectivity index (χ2v) is 7.03. The van der Waals surface area contributed by atoms with Gasteiger partial charge < -0.3 is 16.4 Å². The van der Waals surface area contributed by atoms with Gasteiger partial charge in [0, 0.05) is 19.0 Å². The third-order valence-corrected chi connectivity index (χ3v) is 5.57. The van der Waals surface area contributed by atoms with Crippen LogP contribution in [0.2, 0.25) is 0 Å². The molecule has 1 saturated heterocycles. The van der Waals surface area contributed by atoms with Gasteiger partial charge in [-0.3, -0.25) is 14.5 Å². The van der Waals surface area contributed by atoms with Gasteiger partial charge in [0.1, 0.15) is 5.54 Å². The van der Waals surface area contributed by atoms with Crippen LogP contribution in [0.1, 0.15) is 51.4 Å². The number of carbonyl (C=O) groups is 3. The van der Waals surface area contributed by atoms with Gasteiger partial charge in [-0.15, -0.1) is 0 Å². The first-order valence-electron chi connectivity index (χ1n) is 8.69. The van der Waals surface area contributed by atoms with Crippen LogP contribution in [0.4, 0.5) is 4.79 Å². The molecule has 7 heteroatoms. The zero-order chi connectivity index (χ0) is 16.4.